The zero-order valence-electron chi connectivity index (χ0n) is 14.8. The van der Waals surface area contributed by atoms with Gasteiger partial charge in [-0.1, -0.05) is 17.7 Å². The summed E-state index contributed by atoms with van der Waals surface area (Å²) >= 11 is 0. The van der Waals surface area contributed by atoms with Crippen LogP contribution in [-0.4, -0.2) is 43.5 Å². The molecule has 0 bridgehead atoms. The molecule has 0 atom stereocenters. The van der Waals surface area contributed by atoms with E-state index in [1.807, 2.05) is 24.0 Å². The van der Waals surface area contributed by atoms with Gasteiger partial charge in [0.1, 0.15) is 5.82 Å². The average Bonchev–Trinajstić information content (AvgIpc) is 2.61. The molecule has 0 radical (unpaired) electrons. The van der Waals surface area contributed by atoms with Gasteiger partial charge in [-0.3, -0.25) is 4.79 Å². The minimum absolute atomic E-state index is 0.110. The maximum absolute atomic E-state index is 13.0. The minimum Gasteiger partial charge on any atom is -0.376 e. The van der Waals surface area contributed by atoms with Crippen LogP contribution in [0.2, 0.25) is 0 Å². The number of hydrogen-bond donors (Lipinski definition) is 1. The number of carbonyl (C=O) groups excluding carboxylic acids is 1. The number of rotatable bonds is 4. The topological polar surface area (TPSA) is 35.6 Å². The Labute approximate surface area is 148 Å². The van der Waals surface area contributed by atoms with Crippen LogP contribution < -0.4 is 10.2 Å². The van der Waals surface area contributed by atoms with Gasteiger partial charge in [0, 0.05) is 37.6 Å². The monoisotopic (exact) mass is 341 g/mol. The molecule has 25 heavy (non-hydrogen) atoms. The van der Waals surface area contributed by atoms with Gasteiger partial charge >= 0.3 is 0 Å². The van der Waals surface area contributed by atoms with Crippen molar-refractivity contribution in [3.05, 3.63) is 59.4 Å². The van der Waals surface area contributed by atoms with Crippen LogP contribution in [0.4, 0.5) is 15.8 Å². The third kappa shape index (κ3) is 4.29. The highest BCUT2D eigenvalue weighted by molar-refractivity contribution is 5.81. The van der Waals surface area contributed by atoms with Crippen molar-refractivity contribution < 1.29 is 9.18 Å². The number of aryl methyl sites for hydroxylation is 2. The van der Waals surface area contributed by atoms with Gasteiger partial charge in [0.2, 0.25) is 5.91 Å². The van der Waals surface area contributed by atoms with E-state index in [9.17, 15) is 9.18 Å². The van der Waals surface area contributed by atoms with Crippen LogP contribution in [0.3, 0.4) is 0 Å². The molecule has 3 rings (SSSR count). The second-order valence-corrected chi connectivity index (χ2v) is 6.52. The number of carbonyl (C=O) groups is 1. The molecule has 0 spiro atoms. The summed E-state index contributed by atoms with van der Waals surface area (Å²) in [5.41, 5.74) is 4.37. The van der Waals surface area contributed by atoms with Gasteiger partial charge in [0.25, 0.3) is 0 Å². The van der Waals surface area contributed by atoms with Crippen LogP contribution in [0.25, 0.3) is 0 Å². The molecule has 0 saturated carbocycles. The summed E-state index contributed by atoms with van der Waals surface area (Å²) in [6.07, 6.45) is 0. The third-order valence-electron chi connectivity index (χ3n) is 4.64. The second kappa shape index (κ2) is 7.55. The van der Waals surface area contributed by atoms with E-state index < -0.39 is 0 Å². The third-order valence-corrected chi connectivity index (χ3v) is 4.64. The Morgan fingerprint density at radius 1 is 1.04 bits per heavy atom. The molecule has 1 fully saturated rings. The standard InChI is InChI=1S/C20H24FN3O/c1-15-3-8-19(16(2)13-15)22-14-20(25)24-11-9-23(10-12-24)18-6-4-17(21)5-7-18/h3-8,13,22H,9-12,14H2,1-2H3. The summed E-state index contributed by atoms with van der Waals surface area (Å²) in [6, 6.07) is 12.7. The summed E-state index contributed by atoms with van der Waals surface area (Å²) in [7, 11) is 0. The molecule has 0 aliphatic carbocycles. The van der Waals surface area contributed by atoms with Crippen LogP contribution in [0.15, 0.2) is 42.5 Å². The first-order valence-electron chi connectivity index (χ1n) is 8.62. The summed E-state index contributed by atoms with van der Waals surface area (Å²) < 4.78 is 13.0. The zero-order chi connectivity index (χ0) is 17.8. The van der Waals surface area contributed by atoms with Crippen molar-refractivity contribution >= 4 is 17.3 Å². The first kappa shape index (κ1) is 17.3. The Kier molecular flexibility index (Phi) is 5.22. The maximum Gasteiger partial charge on any atom is 0.241 e. The Morgan fingerprint density at radius 3 is 2.36 bits per heavy atom. The van der Waals surface area contributed by atoms with Crippen LogP contribution in [0.5, 0.6) is 0 Å². The van der Waals surface area contributed by atoms with E-state index in [1.165, 1.54) is 17.7 Å². The lowest BCUT2D eigenvalue weighted by Gasteiger charge is -2.36. The quantitative estimate of drug-likeness (QED) is 0.928. The van der Waals surface area contributed by atoms with Gasteiger partial charge in [0.05, 0.1) is 6.54 Å². The molecular weight excluding hydrogens is 317 g/mol. The number of nitrogens with zero attached hydrogens (tertiary/aromatic N) is 2. The highest BCUT2D eigenvalue weighted by atomic mass is 19.1. The minimum atomic E-state index is -0.227. The number of benzene rings is 2. The van der Waals surface area contributed by atoms with Crippen molar-refractivity contribution in [2.75, 3.05) is 42.9 Å². The molecule has 1 heterocycles. The highest BCUT2D eigenvalue weighted by Gasteiger charge is 2.21. The molecule has 4 nitrogen and oxygen atoms in total. The van der Waals surface area contributed by atoms with Gasteiger partial charge < -0.3 is 15.1 Å². The smallest absolute Gasteiger partial charge is 0.241 e. The Balaban J connectivity index is 1.50. The molecule has 1 amide bonds. The van der Waals surface area contributed by atoms with Crippen molar-refractivity contribution in [3.8, 4) is 0 Å². The maximum atomic E-state index is 13.0. The number of hydrogen-bond acceptors (Lipinski definition) is 3. The first-order chi connectivity index (χ1) is 12.0. The Bertz CT molecular complexity index is 737. The number of amides is 1. The molecule has 0 aromatic heterocycles. The van der Waals surface area contributed by atoms with Gasteiger partial charge in [-0.15, -0.1) is 0 Å². The molecule has 0 unspecified atom stereocenters. The van der Waals surface area contributed by atoms with Crippen molar-refractivity contribution in [3.63, 3.8) is 0 Å². The number of piperazine rings is 1. The molecule has 1 aliphatic heterocycles. The van der Waals surface area contributed by atoms with E-state index in [0.29, 0.717) is 19.6 Å². The lowest BCUT2D eigenvalue weighted by molar-refractivity contribution is -0.129. The van der Waals surface area contributed by atoms with Gasteiger partial charge in [-0.25, -0.2) is 4.39 Å². The first-order valence-corrected chi connectivity index (χ1v) is 8.62. The van der Waals surface area contributed by atoms with Crippen molar-refractivity contribution in [2.45, 2.75) is 13.8 Å². The number of halogens is 1. The SMILES string of the molecule is Cc1ccc(NCC(=O)N2CCN(c3ccc(F)cc3)CC2)c(C)c1. The Hall–Kier alpha value is -2.56. The summed E-state index contributed by atoms with van der Waals surface area (Å²) in [5.74, 6) is -0.117. The lowest BCUT2D eigenvalue weighted by atomic mass is 10.1. The fourth-order valence-corrected chi connectivity index (χ4v) is 3.16. The van der Waals surface area contributed by atoms with Gasteiger partial charge in [0.15, 0.2) is 0 Å². The summed E-state index contributed by atoms with van der Waals surface area (Å²) in [6.45, 7) is 7.31. The average molecular weight is 341 g/mol. The van der Waals surface area contributed by atoms with Crippen molar-refractivity contribution in [1.29, 1.82) is 0 Å². The van der Waals surface area contributed by atoms with E-state index in [2.05, 4.69) is 23.2 Å². The molecule has 2 aromatic carbocycles. The van der Waals surface area contributed by atoms with E-state index in [-0.39, 0.29) is 11.7 Å². The van der Waals surface area contributed by atoms with Gasteiger partial charge in [-0.2, -0.15) is 0 Å². The fourth-order valence-electron chi connectivity index (χ4n) is 3.16. The second-order valence-electron chi connectivity index (χ2n) is 6.52. The van der Waals surface area contributed by atoms with E-state index in [0.717, 1.165) is 30.0 Å². The lowest BCUT2D eigenvalue weighted by Crippen LogP contribution is -2.50. The van der Waals surface area contributed by atoms with Crippen molar-refractivity contribution in [1.82, 2.24) is 4.90 Å². The molecule has 1 N–H and O–H groups in total. The number of anilines is 2. The van der Waals surface area contributed by atoms with E-state index in [1.54, 1.807) is 12.1 Å². The molecular formula is C20H24FN3O. The molecule has 1 saturated heterocycles. The predicted octanol–water partition coefficient (Wildman–Crippen LogP) is 3.20. The zero-order valence-corrected chi connectivity index (χ0v) is 14.8. The van der Waals surface area contributed by atoms with Crippen LogP contribution in [-0.2, 0) is 4.79 Å². The van der Waals surface area contributed by atoms with Crippen molar-refractivity contribution in [2.24, 2.45) is 0 Å². The van der Waals surface area contributed by atoms with Crippen LogP contribution >= 0.6 is 0 Å². The summed E-state index contributed by atoms with van der Waals surface area (Å²) in [5, 5.41) is 3.24. The Morgan fingerprint density at radius 2 is 1.72 bits per heavy atom. The molecule has 1 aliphatic rings. The van der Waals surface area contributed by atoms with Crippen LogP contribution in [0.1, 0.15) is 11.1 Å². The predicted molar refractivity (Wildman–Crippen MR) is 99.6 cm³/mol. The normalized spacial score (nSPS) is 14.5. The summed E-state index contributed by atoms with van der Waals surface area (Å²) in [4.78, 5) is 16.5. The van der Waals surface area contributed by atoms with Crippen LogP contribution in [0, 0.1) is 19.7 Å². The molecule has 2 aromatic rings. The largest absolute Gasteiger partial charge is 0.376 e. The van der Waals surface area contributed by atoms with E-state index >= 15 is 0 Å². The molecule has 132 valence electrons. The molecule has 5 heteroatoms. The number of nitrogens with one attached hydrogen (secondary N) is 1. The van der Waals surface area contributed by atoms with E-state index in [4.69, 9.17) is 0 Å². The fraction of sp³-hybridized carbons (Fsp3) is 0.350. The highest BCUT2D eigenvalue weighted by Crippen LogP contribution is 2.18. The van der Waals surface area contributed by atoms with Gasteiger partial charge in [-0.05, 0) is 49.7 Å².